The normalized spacial score (nSPS) is 22.6. The summed E-state index contributed by atoms with van der Waals surface area (Å²) >= 11 is 0. The van der Waals surface area contributed by atoms with Gasteiger partial charge in [-0.25, -0.2) is 23.1 Å². The highest BCUT2D eigenvalue weighted by molar-refractivity contribution is 5.94. The minimum Gasteiger partial charge on any atom is -0.370 e. The molecule has 3 aliphatic heterocycles. The lowest BCUT2D eigenvalue weighted by Crippen LogP contribution is -2.47. The SMILES string of the molecule is CCN(C(=O)c1cnc(N2C[C@H](c3cc(F)c(F)cc3F)[C@@H](N)C2)nc1)C1CCN(c2nc([C@@H]3CCCO3)no2)CC1.Cl. The van der Waals surface area contributed by atoms with Crippen LogP contribution in [0.15, 0.2) is 29.0 Å². The Morgan fingerprint density at radius 1 is 1.05 bits per heavy atom. The minimum absolute atomic E-state index is 0. The molecule has 1 aromatic carbocycles. The van der Waals surface area contributed by atoms with Gasteiger partial charge >= 0.3 is 6.01 Å². The molecular formula is C28H34ClF3N8O3. The van der Waals surface area contributed by atoms with Gasteiger partial charge in [-0.2, -0.15) is 4.98 Å². The van der Waals surface area contributed by atoms with E-state index < -0.39 is 29.4 Å². The molecule has 0 spiro atoms. The van der Waals surface area contributed by atoms with Crippen LogP contribution in [0.2, 0.25) is 0 Å². The Hall–Kier alpha value is -3.49. The summed E-state index contributed by atoms with van der Waals surface area (Å²) in [4.78, 5) is 32.4. The number of carbonyl (C=O) groups is 1. The van der Waals surface area contributed by atoms with Crippen LogP contribution in [0, 0.1) is 17.5 Å². The Morgan fingerprint density at radius 2 is 1.77 bits per heavy atom. The van der Waals surface area contributed by atoms with Gasteiger partial charge in [0.05, 0.1) is 5.56 Å². The molecular weight excluding hydrogens is 589 g/mol. The van der Waals surface area contributed by atoms with E-state index in [-0.39, 0.29) is 42.6 Å². The molecule has 3 saturated heterocycles. The zero-order valence-corrected chi connectivity index (χ0v) is 24.5. The third-order valence-corrected chi connectivity index (χ3v) is 8.40. The van der Waals surface area contributed by atoms with Crippen LogP contribution in [0.25, 0.3) is 0 Å². The zero-order valence-electron chi connectivity index (χ0n) is 23.7. The summed E-state index contributed by atoms with van der Waals surface area (Å²) in [6.07, 6.45) is 6.21. The average Bonchev–Trinajstić information content (AvgIpc) is 3.77. The summed E-state index contributed by atoms with van der Waals surface area (Å²) < 4.78 is 52.7. The van der Waals surface area contributed by atoms with Crippen LogP contribution in [0.4, 0.5) is 25.1 Å². The molecule has 15 heteroatoms. The van der Waals surface area contributed by atoms with Crippen molar-refractivity contribution in [2.75, 3.05) is 49.1 Å². The Bertz CT molecular complexity index is 1420. The number of carbonyl (C=O) groups excluding carboxylic acids is 1. The van der Waals surface area contributed by atoms with Crippen LogP contribution < -0.4 is 15.5 Å². The molecule has 3 fully saturated rings. The van der Waals surface area contributed by atoms with Crippen molar-refractivity contribution in [1.29, 1.82) is 0 Å². The Kier molecular flexibility index (Phi) is 9.37. The third-order valence-electron chi connectivity index (χ3n) is 8.40. The maximum absolute atomic E-state index is 14.4. The number of hydrogen-bond acceptors (Lipinski definition) is 10. The molecule has 43 heavy (non-hydrogen) atoms. The van der Waals surface area contributed by atoms with Crippen LogP contribution >= 0.6 is 12.4 Å². The van der Waals surface area contributed by atoms with Crippen molar-refractivity contribution in [3.05, 3.63) is 58.9 Å². The average molecular weight is 623 g/mol. The number of piperidine rings is 1. The number of amides is 1. The van der Waals surface area contributed by atoms with Crippen LogP contribution in [0.1, 0.15) is 66.4 Å². The number of anilines is 2. The van der Waals surface area contributed by atoms with E-state index in [0.717, 1.165) is 31.7 Å². The molecule has 6 rings (SSSR count). The minimum atomic E-state index is -1.24. The number of benzene rings is 1. The lowest BCUT2D eigenvalue weighted by atomic mass is 9.94. The van der Waals surface area contributed by atoms with Crippen molar-refractivity contribution in [2.24, 2.45) is 5.73 Å². The van der Waals surface area contributed by atoms with Gasteiger partial charge in [-0.1, -0.05) is 5.16 Å². The lowest BCUT2D eigenvalue weighted by molar-refractivity contribution is 0.0661. The van der Waals surface area contributed by atoms with Crippen molar-refractivity contribution >= 4 is 30.3 Å². The fourth-order valence-electron chi connectivity index (χ4n) is 6.11. The maximum atomic E-state index is 14.4. The highest BCUT2D eigenvalue weighted by Crippen LogP contribution is 2.32. The molecule has 0 aliphatic carbocycles. The molecule has 0 bridgehead atoms. The first-order valence-electron chi connectivity index (χ1n) is 14.3. The van der Waals surface area contributed by atoms with Gasteiger partial charge in [0.1, 0.15) is 11.9 Å². The third kappa shape index (κ3) is 6.27. The molecule has 3 atom stereocenters. The predicted octanol–water partition coefficient (Wildman–Crippen LogP) is 3.61. The number of aromatic nitrogens is 4. The van der Waals surface area contributed by atoms with E-state index in [9.17, 15) is 18.0 Å². The molecule has 3 aliphatic rings. The van der Waals surface area contributed by atoms with Crippen LogP contribution in [0.3, 0.4) is 0 Å². The topological polar surface area (TPSA) is 127 Å². The van der Waals surface area contributed by atoms with Gasteiger partial charge in [-0.3, -0.25) is 4.79 Å². The summed E-state index contributed by atoms with van der Waals surface area (Å²) in [7, 11) is 0. The van der Waals surface area contributed by atoms with Crippen molar-refractivity contribution in [1.82, 2.24) is 25.0 Å². The van der Waals surface area contributed by atoms with Crippen molar-refractivity contribution < 1.29 is 27.2 Å². The van der Waals surface area contributed by atoms with Gasteiger partial charge in [0.25, 0.3) is 5.91 Å². The van der Waals surface area contributed by atoms with E-state index in [1.54, 1.807) is 4.90 Å². The van der Waals surface area contributed by atoms with Crippen LogP contribution in [-0.2, 0) is 4.74 Å². The molecule has 0 saturated carbocycles. The van der Waals surface area contributed by atoms with Crippen molar-refractivity contribution in [3.8, 4) is 0 Å². The second kappa shape index (κ2) is 13.0. The van der Waals surface area contributed by atoms with E-state index in [0.29, 0.717) is 62.2 Å². The first-order chi connectivity index (χ1) is 20.3. The van der Waals surface area contributed by atoms with E-state index in [1.165, 1.54) is 12.4 Å². The van der Waals surface area contributed by atoms with Gasteiger partial charge in [0.15, 0.2) is 11.6 Å². The first kappa shape index (κ1) is 31.0. The Labute approximate surface area is 253 Å². The van der Waals surface area contributed by atoms with Crippen molar-refractivity contribution in [2.45, 2.75) is 56.7 Å². The number of nitrogens with two attached hydrogens (primary N) is 1. The monoisotopic (exact) mass is 622 g/mol. The van der Waals surface area contributed by atoms with Gasteiger partial charge in [0, 0.05) is 75.8 Å². The Morgan fingerprint density at radius 3 is 2.44 bits per heavy atom. The summed E-state index contributed by atoms with van der Waals surface area (Å²) in [5.74, 6) is -3.04. The van der Waals surface area contributed by atoms with Gasteiger partial charge < -0.3 is 29.7 Å². The van der Waals surface area contributed by atoms with E-state index in [2.05, 4.69) is 20.1 Å². The highest BCUT2D eigenvalue weighted by atomic mass is 35.5. The van der Waals surface area contributed by atoms with Gasteiger partial charge in [-0.15, -0.1) is 12.4 Å². The second-order valence-electron chi connectivity index (χ2n) is 11.0. The highest BCUT2D eigenvalue weighted by Gasteiger charge is 2.36. The molecule has 0 radical (unpaired) electrons. The molecule has 5 heterocycles. The van der Waals surface area contributed by atoms with E-state index in [4.69, 9.17) is 15.0 Å². The number of rotatable bonds is 7. The molecule has 11 nitrogen and oxygen atoms in total. The molecule has 0 unspecified atom stereocenters. The van der Waals surface area contributed by atoms with E-state index >= 15 is 0 Å². The summed E-state index contributed by atoms with van der Waals surface area (Å²) in [5, 5.41) is 4.09. The number of halogens is 4. The fourth-order valence-corrected chi connectivity index (χ4v) is 6.11. The molecule has 2 aromatic heterocycles. The fraction of sp³-hybridized carbons (Fsp3) is 0.536. The number of ether oxygens (including phenoxy) is 1. The van der Waals surface area contributed by atoms with Crippen molar-refractivity contribution in [3.63, 3.8) is 0 Å². The summed E-state index contributed by atoms with van der Waals surface area (Å²) in [5.41, 5.74) is 6.60. The molecule has 232 valence electrons. The smallest absolute Gasteiger partial charge is 0.324 e. The van der Waals surface area contributed by atoms with E-state index in [1.807, 2.05) is 16.7 Å². The summed E-state index contributed by atoms with van der Waals surface area (Å²) in [6, 6.07) is 1.37. The second-order valence-corrected chi connectivity index (χ2v) is 11.0. The van der Waals surface area contributed by atoms with Crippen LogP contribution in [0.5, 0.6) is 0 Å². The number of nitrogens with zero attached hydrogens (tertiary/aromatic N) is 7. The quantitative estimate of drug-likeness (QED) is 0.391. The van der Waals surface area contributed by atoms with Gasteiger partial charge in [-0.05, 0) is 44.2 Å². The zero-order chi connectivity index (χ0) is 29.4. The number of hydrogen-bond donors (Lipinski definition) is 1. The molecule has 3 aromatic rings. The van der Waals surface area contributed by atoms with Gasteiger partial charge in [0.2, 0.25) is 11.8 Å². The molecule has 2 N–H and O–H groups in total. The predicted molar refractivity (Wildman–Crippen MR) is 153 cm³/mol. The molecule has 1 amide bonds. The van der Waals surface area contributed by atoms with Crippen LogP contribution in [-0.4, -0.2) is 82.3 Å². The summed E-state index contributed by atoms with van der Waals surface area (Å²) in [6.45, 7) is 5.04. The lowest BCUT2D eigenvalue weighted by Gasteiger charge is -2.37. The largest absolute Gasteiger partial charge is 0.370 e. The first-order valence-corrected chi connectivity index (χ1v) is 14.3. The standard InChI is InChI=1S/C28H33F3N8O3.ClH/c1-2-39(17-5-7-37(8-6-17)28-35-25(36-42-28)24-4-3-9-41-24)26(40)16-12-33-27(34-13-16)38-14-19(23(32)15-38)18-10-21(30)22(31)11-20(18)29;/h10-13,17,19,23-24H,2-9,14-15,32H2,1H3;1H/t19-,23+,24+;/m1./s1. The Balaban J connectivity index is 0.00000368. The maximum Gasteiger partial charge on any atom is 0.324 e.